The lowest BCUT2D eigenvalue weighted by Gasteiger charge is -2.20. The lowest BCUT2D eigenvalue weighted by molar-refractivity contribution is 0.0525. The second-order valence-electron chi connectivity index (χ2n) is 10.4. The molecule has 2 aromatic heterocycles. The third-order valence-electron chi connectivity index (χ3n) is 6.30. The van der Waals surface area contributed by atoms with Crippen LogP contribution in [0.5, 0.6) is 0 Å². The number of carbonyl (C=O) groups is 1. The van der Waals surface area contributed by atoms with Gasteiger partial charge in [-0.3, -0.25) is 14.3 Å². The molecular formula is C30H34ClN5O3S. The normalized spacial score (nSPS) is 13.2. The number of amides is 1. The highest BCUT2D eigenvalue weighted by atomic mass is 35.5. The summed E-state index contributed by atoms with van der Waals surface area (Å²) in [6, 6.07) is 7.39. The van der Waals surface area contributed by atoms with E-state index in [0.717, 1.165) is 34.3 Å². The molecule has 0 unspecified atom stereocenters. The van der Waals surface area contributed by atoms with Gasteiger partial charge in [0.25, 0.3) is 5.56 Å². The van der Waals surface area contributed by atoms with Crippen molar-refractivity contribution in [2.45, 2.75) is 59.6 Å². The maximum atomic E-state index is 14.0. The SMILES string of the molecule is CCC1=C(SC)N=c2c(cc(-c3ccc(-c4cncc(C)n4)cc3Cl)c(=O)n2CCNC(=O)OC(C)(C)C)=CC1. The van der Waals surface area contributed by atoms with Gasteiger partial charge in [0.1, 0.15) is 11.1 Å². The fourth-order valence-electron chi connectivity index (χ4n) is 4.42. The number of halogens is 1. The van der Waals surface area contributed by atoms with Gasteiger partial charge in [0.15, 0.2) is 0 Å². The minimum Gasteiger partial charge on any atom is -0.444 e. The molecule has 1 aliphatic rings. The number of carbonyl (C=O) groups excluding carboxylic acids is 1. The summed E-state index contributed by atoms with van der Waals surface area (Å²) in [5, 5.41) is 4.93. The molecule has 0 radical (unpaired) electrons. The number of aromatic nitrogens is 3. The molecule has 0 fully saturated rings. The van der Waals surface area contributed by atoms with Crippen LogP contribution in [0.2, 0.25) is 5.02 Å². The third-order valence-corrected chi connectivity index (χ3v) is 7.38. The Labute approximate surface area is 243 Å². The second kappa shape index (κ2) is 12.4. The van der Waals surface area contributed by atoms with Gasteiger partial charge in [0, 0.05) is 46.2 Å². The van der Waals surface area contributed by atoms with Gasteiger partial charge in [0.05, 0.1) is 22.6 Å². The van der Waals surface area contributed by atoms with Crippen molar-refractivity contribution in [1.82, 2.24) is 19.9 Å². The van der Waals surface area contributed by atoms with Crippen molar-refractivity contribution in [3.05, 3.63) is 79.0 Å². The molecule has 10 heteroatoms. The Hall–Kier alpha value is -3.43. The molecule has 0 saturated heterocycles. The minimum atomic E-state index is -0.621. The van der Waals surface area contributed by atoms with Crippen LogP contribution in [-0.4, -0.2) is 39.0 Å². The average molecular weight is 580 g/mol. The van der Waals surface area contributed by atoms with Crippen LogP contribution >= 0.6 is 23.4 Å². The maximum absolute atomic E-state index is 14.0. The van der Waals surface area contributed by atoms with Crippen molar-refractivity contribution < 1.29 is 9.53 Å². The Kier molecular flexibility index (Phi) is 9.15. The van der Waals surface area contributed by atoms with E-state index in [0.29, 0.717) is 27.3 Å². The van der Waals surface area contributed by atoms with Crippen molar-refractivity contribution in [2.75, 3.05) is 12.8 Å². The quantitative estimate of drug-likeness (QED) is 0.411. The van der Waals surface area contributed by atoms with E-state index in [2.05, 4.69) is 28.3 Å². The number of nitrogens with zero attached hydrogens (tertiary/aromatic N) is 4. The first-order valence-corrected chi connectivity index (χ1v) is 14.8. The second-order valence-corrected chi connectivity index (χ2v) is 11.7. The van der Waals surface area contributed by atoms with Gasteiger partial charge in [0.2, 0.25) is 0 Å². The van der Waals surface area contributed by atoms with E-state index in [1.165, 1.54) is 5.57 Å². The predicted molar refractivity (Wildman–Crippen MR) is 162 cm³/mol. The number of hydrogen-bond donors (Lipinski definition) is 1. The van der Waals surface area contributed by atoms with Crippen molar-refractivity contribution in [3.8, 4) is 22.4 Å². The number of hydrogen-bond acceptors (Lipinski definition) is 7. The molecule has 0 atom stereocenters. The number of alkyl carbamates (subject to hydrolysis) is 1. The van der Waals surface area contributed by atoms with Gasteiger partial charge in [-0.25, -0.2) is 14.8 Å². The molecular weight excluding hydrogens is 546 g/mol. The Bertz CT molecular complexity index is 1660. The first kappa shape index (κ1) is 29.6. The molecule has 3 heterocycles. The average Bonchev–Trinajstić information content (AvgIpc) is 3.07. The number of benzene rings is 1. The number of aryl methyl sites for hydroxylation is 1. The molecule has 40 heavy (non-hydrogen) atoms. The summed E-state index contributed by atoms with van der Waals surface area (Å²) in [5.41, 5.74) is 4.29. The van der Waals surface area contributed by atoms with Crippen molar-refractivity contribution in [1.29, 1.82) is 0 Å². The Morgan fingerprint density at radius 1 is 1.20 bits per heavy atom. The molecule has 3 aromatic rings. The minimum absolute atomic E-state index is 0.192. The first-order valence-electron chi connectivity index (χ1n) is 13.1. The van der Waals surface area contributed by atoms with Crippen molar-refractivity contribution >= 4 is 35.5 Å². The van der Waals surface area contributed by atoms with Crippen LogP contribution in [0.3, 0.4) is 0 Å². The molecule has 8 nitrogen and oxygen atoms in total. The highest BCUT2D eigenvalue weighted by Gasteiger charge is 2.18. The summed E-state index contributed by atoms with van der Waals surface area (Å²) in [6.07, 6.45) is 8.52. The fourth-order valence-corrected chi connectivity index (χ4v) is 5.39. The Balaban J connectivity index is 1.81. The van der Waals surface area contributed by atoms with Gasteiger partial charge in [-0.2, -0.15) is 0 Å². The summed E-state index contributed by atoms with van der Waals surface area (Å²) < 4.78 is 6.98. The zero-order valence-corrected chi connectivity index (χ0v) is 25.2. The number of ether oxygens (including phenoxy) is 1. The summed E-state index contributed by atoms with van der Waals surface area (Å²) in [6.45, 7) is 9.80. The van der Waals surface area contributed by atoms with E-state index in [1.807, 2.05) is 31.4 Å². The number of rotatable bonds is 7. The Morgan fingerprint density at radius 2 is 1.98 bits per heavy atom. The van der Waals surface area contributed by atoms with Crippen LogP contribution in [0.15, 0.2) is 57.0 Å². The summed E-state index contributed by atoms with van der Waals surface area (Å²) >= 11 is 8.34. The molecule has 0 aliphatic carbocycles. The van der Waals surface area contributed by atoms with Crippen molar-refractivity contribution in [3.63, 3.8) is 0 Å². The van der Waals surface area contributed by atoms with Gasteiger partial charge in [-0.05, 0) is 64.5 Å². The zero-order valence-electron chi connectivity index (χ0n) is 23.7. The fraction of sp³-hybridized carbons (Fsp3) is 0.367. The maximum Gasteiger partial charge on any atom is 0.407 e. The molecule has 0 spiro atoms. The lowest BCUT2D eigenvalue weighted by Crippen LogP contribution is -2.46. The van der Waals surface area contributed by atoms with E-state index in [9.17, 15) is 9.59 Å². The summed E-state index contributed by atoms with van der Waals surface area (Å²) in [7, 11) is 0. The summed E-state index contributed by atoms with van der Waals surface area (Å²) in [5.74, 6) is 0. The molecule has 210 valence electrons. The highest BCUT2D eigenvalue weighted by molar-refractivity contribution is 8.02. The molecule has 0 saturated carbocycles. The van der Waals surface area contributed by atoms with Crippen molar-refractivity contribution in [2.24, 2.45) is 4.99 Å². The largest absolute Gasteiger partial charge is 0.444 e. The summed E-state index contributed by atoms with van der Waals surface area (Å²) in [4.78, 5) is 40.0. The Morgan fingerprint density at radius 3 is 2.62 bits per heavy atom. The monoisotopic (exact) mass is 579 g/mol. The van der Waals surface area contributed by atoms with E-state index in [1.54, 1.807) is 55.6 Å². The number of allylic oxidation sites excluding steroid dienone is 1. The molecule has 4 rings (SSSR count). The zero-order chi connectivity index (χ0) is 29.0. The topological polar surface area (TPSA) is 98.5 Å². The van der Waals surface area contributed by atoms with Crippen LogP contribution in [0.4, 0.5) is 4.79 Å². The molecule has 0 bridgehead atoms. The highest BCUT2D eigenvalue weighted by Crippen LogP contribution is 2.30. The van der Waals surface area contributed by atoms with Crippen LogP contribution in [0, 0.1) is 6.92 Å². The smallest absolute Gasteiger partial charge is 0.407 e. The van der Waals surface area contributed by atoms with E-state index in [4.69, 9.17) is 21.3 Å². The van der Waals surface area contributed by atoms with Gasteiger partial charge < -0.3 is 10.1 Å². The number of fused-ring (bicyclic) bond motifs is 1. The van der Waals surface area contributed by atoms with Gasteiger partial charge in [-0.15, -0.1) is 11.8 Å². The van der Waals surface area contributed by atoms with E-state index < -0.39 is 11.7 Å². The van der Waals surface area contributed by atoms with Crippen LogP contribution in [-0.2, 0) is 11.3 Å². The number of pyridine rings is 1. The third kappa shape index (κ3) is 6.82. The number of nitrogens with one attached hydrogen (secondary N) is 1. The first-order chi connectivity index (χ1) is 19.0. The molecule has 1 aromatic carbocycles. The van der Waals surface area contributed by atoms with Crippen LogP contribution in [0.1, 0.15) is 46.2 Å². The van der Waals surface area contributed by atoms with E-state index in [-0.39, 0.29) is 18.6 Å². The van der Waals surface area contributed by atoms with Gasteiger partial charge in [-0.1, -0.05) is 36.7 Å². The number of thioether (sulfide) groups is 1. The van der Waals surface area contributed by atoms with E-state index >= 15 is 0 Å². The van der Waals surface area contributed by atoms with Crippen LogP contribution in [0.25, 0.3) is 28.5 Å². The van der Waals surface area contributed by atoms with Gasteiger partial charge >= 0.3 is 6.09 Å². The standard InChI is InChI=1S/C30H34ClN5O3S/c1-7-19-8-9-21-14-23(22-11-10-20(15-24(22)31)25-17-32-16-18(2)34-25)28(37)36(26(21)35-27(19)40-6)13-12-33-29(38)39-30(3,4)5/h9-11,14-17H,7-8,12-13H2,1-6H3,(H,33,38). The molecule has 1 aliphatic heterocycles. The van der Waals surface area contributed by atoms with Crippen LogP contribution < -0.4 is 21.6 Å². The lowest BCUT2D eigenvalue weighted by atomic mass is 10.0. The molecule has 1 amide bonds. The molecule has 1 N–H and O–H groups in total. The predicted octanol–water partition coefficient (Wildman–Crippen LogP) is 5.25.